The fourth-order valence-electron chi connectivity index (χ4n) is 1.66. The van der Waals surface area contributed by atoms with Gasteiger partial charge in [-0.3, -0.25) is 0 Å². The average Bonchev–Trinajstić information content (AvgIpc) is 2.40. The van der Waals surface area contributed by atoms with Gasteiger partial charge < -0.3 is 5.32 Å². The lowest BCUT2D eigenvalue weighted by atomic mass is 10.2. The third-order valence-corrected chi connectivity index (χ3v) is 4.74. The van der Waals surface area contributed by atoms with E-state index in [0.29, 0.717) is 0 Å². The fourth-order valence-corrected chi connectivity index (χ4v) is 3.15. The predicted octanol–water partition coefficient (Wildman–Crippen LogP) is 4.71. The summed E-state index contributed by atoms with van der Waals surface area (Å²) in [5.41, 5.74) is 1.35. The summed E-state index contributed by atoms with van der Waals surface area (Å²) < 4.78 is 1.15. The van der Waals surface area contributed by atoms with Crippen molar-refractivity contribution in [1.29, 1.82) is 0 Å². The number of hydrogen-bond donors (Lipinski definition) is 1. The molecule has 0 atom stereocenters. The molecule has 0 aliphatic heterocycles. The maximum Gasteiger partial charge on any atom is 0.0314 e. The largest absolute Gasteiger partial charge is 0.313 e. The zero-order valence-electron chi connectivity index (χ0n) is 10.3. The fraction of sp³-hybridized carbons (Fsp3) is 0.200. The number of benzene rings is 2. The van der Waals surface area contributed by atoms with Gasteiger partial charge in [-0.1, -0.05) is 49.0 Å². The summed E-state index contributed by atoms with van der Waals surface area (Å²) in [6, 6.07) is 16.9. The topological polar surface area (TPSA) is 12.0 Å². The van der Waals surface area contributed by atoms with Gasteiger partial charge in [-0.05, 0) is 46.2 Å². The summed E-state index contributed by atoms with van der Waals surface area (Å²) in [6.45, 7) is 4.04. The molecule has 2 rings (SSSR count). The van der Waals surface area contributed by atoms with Crippen molar-refractivity contribution in [2.45, 2.75) is 23.3 Å². The first-order valence-corrected chi connectivity index (χ1v) is 7.63. The van der Waals surface area contributed by atoms with E-state index >= 15 is 0 Å². The van der Waals surface area contributed by atoms with Gasteiger partial charge >= 0.3 is 0 Å². The second kappa shape index (κ2) is 6.98. The van der Waals surface area contributed by atoms with Crippen molar-refractivity contribution in [2.75, 3.05) is 6.54 Å². The van der Waals surface area contributed by atoms with Crippen molar-refractivity contribution < 1.29 is 0 Å². The Morgan fingerprint density at radius 3 is 2.39 bits per heavy atom. The van der Waals surface area contributed by atoms with Crippen LogP contribution in [0.3, 0.4) is 0 Å². The Kier molecular flexibility index (Phi) is 5.29. The highest BCUT2D eigenvalue weighted by Gasteiger charge is 2.05. The number of nitrogens with one attached hydrogen (secondary N) is 1. The van der Waals surface area contributed by atoms with E-state index in [-0.39, 0.29) is 0 Å². The van der Waals surface area contributed by atoms with Crippen molar-refractivity contribution in [3.8, 4) is 0 Å². The van der Waals surface area contributed by atoms with E-state index in [9.17, 15) is 0 Å². The molecule has 0 aromatic heterocycles. The maximum absolute atomic E-state index is 3.59. The van der Waals surface area contributed by atoms with Crippen LogP contribution in [0.5, 0.6) is 0 Å². The van der Waals surface area contributed by atoms with E-state index in [4.69, 9.17) is 0 Å². The van der Waals surface area contributed by atoms with Gasteiger partial charge in [0.05, 0.1) is 0 Å². The molecule has 94 valence electrons. The van der Waals surface area contributed by atoms with Gasteiger partial charge in [0.2, 0.25) is 0 Å². The van der Waals surface area contributed by atoms with Crippen LogP contribution in [0.4, 0.5) is 0 Å². The van der Waals surface area contributed by atoms with Gasteiger partial charge in [0.15, 0.2) is 0 Å². The molecule has 1 N–H and O–H groups in total. The molecular weight excluding hydrogens is 306 g/mol. The zero-order chi connectivity index (χ0) is 12.8. The first kappa shape index (κ1) is 13.7. The minimum atomic E-state index is 0.921. The molecule has 0 saturated carbocycles. The van der Waals surface area contributed by atoms with Crippen LogP contribution < -0.4 is 5.32 Å². The summed E-state index contributed by atoms with van der Waals surface area (Å²) in [5, 5.41) is 3.38. The van der Waals surface area contributed by atoms with Gasteiger partial charge in [-0.25, -0.2) is 0 Å². The second-order valence-corrected chi connectivity index (χ2v) is 5.86. The molecule has 0 amide bonds. The van der Waals surface area contributed by atoms with Crippen molar-refractivity contribution in [2.24, 2.45) is 0 Å². The summed E-state index contributed by atoms with van der Waals surface area (Å²) in [7, 11) is 0. The molecule has 0 fully saturated rings. The molecule has 0 unspecified atom stereocenters. The second-order valence-electron chi connectivity index (χ2n) is 3.92. The van der Waals surface area contributed by atoms with Crippen LogP contribution in [0.2, 0.25) is 0 Å². The molecule has 1 nitrogen and oxygen atoms in total. The first-order valence-electron chi connectivity index (χ1n) is 6.02. The lowest BCUT2D eigenvalue weighted by molar-refractivity contribution is 0.718. The molecule has 3 heteroatoms. The first-order chi connectivity index (χ1) is 8.81. The molecule has 2 aromatic rings. The van der Waals surface area contributed by atoms with Crippen LogP contribution >= 0.6 is 27.7 Å². The molecule has 0 spiro atoms. The van der Waals surface area contributed by atoms with Crippen LogP contribution in [-0.4, -0.2) is 6.54 Å². The monoisotopic (exact) mass is 321 g/mol. The highest BCUT2D eigenvalue weighted by Crippen LogP contribution is 2.34. The highest BCUT2D eigenvalue weighted by molar-refractivity contribution is 9.10. The molecule has 0 heterocycles. The van der Waals surface area contributed by atoms with E-state index in [2.05, 4.69) is 70.6 Å². The molecule has 18 heavy (non-hydrogen) atoms. The van der Waals surface area contributed by atoms with Crippen molar-refractivity contribution in [1.82, 2.24) is 5.32 Å². The Bertz CT molecular complexity index is 513. The molecule has 0 saturated heterocycles. The van der Waals surface area contributed by atoms with E-state index in [1.807, 2.05) is 6.07 Å². The lowest BCUT2D eigenvalue weighted by Crippen LogP contribution is -2.12. The Morgan fingerprint density at radius 2 is 1.67 bits per heavy atom. The van der Waals surface area contributed by atoms with Gasteiger partial charge in [0.1, 0.15) is 0 Å². The van der Waals surface area contributed by atoms with Gasteiger partial charge in [0.25, 0.3) is 0 Å². The molecule has 0 aliphatic carbocycles. The minimum Gasteiger partial charge on any atom is -0.313 e. The summed E-state index contributed by atoms with van der Waals surface area (Å²) in [4.78, 5) is 2.56. The number of halogens is 1. The third kappa shape index (κ3) is 3.61. The maximum atomic E-state index is 3.59. The SMILES string of the molecule is CCNCc1ccccc1Sc1ccccc1Br. The van der Waals surface area contributed by atoms with E-state index in [0.717, 1.165) is 17.6 Å². The zero-order valence-corrected chi connectivity index (χ0v) is 12.7. The summed E-state index contributed by atoms with van der Waals surface area (Å²) in [5.74, 6) is 0. The van der Waals surface area contributed by atoms with E-state index in [1.165, 1.54) is 15.4 Å². The Balaban J connectivity index is 2.21. The van der Waals surface area contributed by atoms with Crippen molar-refractivity contribution in [3.05, 3.63) is 58.6 Å². The molecule has 0 radical (unpaired) electrons. The summed E-state index contributed by atoms with van der Waals surface area (Å²) in [6.07, 6.45) is 0. The Hall–Kier alpha value is -0.770. The number of rotatable bonds is 5. The molecular formula is C15H16BrNS. The molecule has 0 aliphatic rings. The Labute approximate surface area is 121 Å². The van der Waals surface area contributed by atoms with E-state index < -0.39 is 0 Å². The van der Waals surface area contributed by atoms with Crippen molar-refractivity contribution in [3.63, 3.8) is 0 Å². The van der Waals surface area contributed by atoms with E-state index in [1.54, 1.807) is 11.8 Å². The van der Waals surface area contributed by atoms with Gasteiger partial charge in [0, 0.05) is 20.8 Å². The standard InChI is InChI=1S/C15H16BrNS/c1-2-17-11-12-7-3-5-9-14(12)18-15-10-6-4-8-13(15)16/h3-10,17H,2,11H2,1H3. The van der Waals surface area contributed by atoms with Crippen LogP contribution in [0, 0.1) is 0 Å². The summed E-state index contributed by atoms with van der Waals surface area (Å²) >= 11 is 5.40. The Morgan fingerprint density at radius 1 is 1.00 bits per heavy atom. The van der Waals surface area contributed by atoms with Crippen LogP contribution in [0.1, 0.15) is 12.5 Å². The normalized spacial score (nSPS) is 10.6. The third-order valence-electron chi connectivity index (χ3n) is 2.59. The van der Waals surface area contributed by atoms with Crippen LogP contribution in [-0.2, 0) is 6.54 Å². The van der Waals surface area contributed by atoms with Crippen molar-refractivity contribution >= 4 is 27.7 Å². The quantitative estimate of drug-likeness (QED) is 0.855. The van der Waals surface area contributed by atoms with Crippen LogP contribution in [0.25, 0.3) is 0 Å². The molecule has 0 bridgehead atoms. The van der Waals surface area contributed by atoms with Gasteiger partial charge in [-0.15, -0.1) is 0 Å². The number of hydrogen-bond acceptors (Lipinski definition) is 2. The molecule has 2 aromatic carbocycles. The predicted molar refractivity (Wildman–Crippen MR) is 82.1 cm³/mol. The van der Waals surface area contributed by atoms with Crippen LogP contribution in [0.15, 0.2) is 62.8 Å². The lowest BCUT2D eigenvalue weighted by Gasteiger charge is -2.10. The average molecular weight is 322 g/mol. The smallest absolute Gasteiger partial charge is 0.0314 e. The highest BCUT2D eigenvalue weighted by atomic mass is 79.9. The minimum absolute atomic E-state index is 0.921. The van der Waals surface area contributed by atoms with Gasteiger partial charge in [-0.2, -0.15) is 0 Å².